The Hall–Kier alpha value is -3.79. The van der Waals surface area contributed by atoms with E-state index in [9.17, 15) is 27.7 Å². The number of nitrogens with zero attached hydrogens (tertiary/aromatic N) is 1. The van der Waals surface area contributed by atoms with E-state index in [1.807, 2.05) is 0 Å². The molecule has 1 amide bonds. The van der Waals surface area contributed by atoms with Crippen molar-refractivity contribution >= 4 is 33.0 Å². The number of sulfonamides is 1. The van der Waals surface area contributed by atoms with Crippen molar-refractivity contribution in [1.82, 2.24) is 0 Å². The van der Waals surface area contributed by atoms with Crippen LogP contribution >= 0.6 is 0 Å². The lowest BCUT2D eigenvalue weighted by Crippen LogP contribution is -2.17. The summed E-state index contributed by atoms with van der Waals surface area (Å²) in [6.45, 7) is 3.21. The van der Waals surface area contributed by atoms with Crippen molar-refractivity contribution in [2.75, 3.05) is 10.0 Å². The van der Waals surface area contributed by atoms with Crippen molar-refractivity contribution in [2.45, 2.75) is 18.7 Å². The summed E-state index contributed by atoms with van der Waals surface area (Å²) in [5.41, 5.74) is 1.28. The molecule has 3 rings (SSSR count). The van der Waals surface area contributed by atoms with Crippen LogP contribution in [0.4, 0.5) is 21.5 Å². The number of anilines is 2. The van der Waals surface area contributed by atoms with Gasteiger partial charge in [-0.3, -0.25) is 19.6 Å². The maximum atomic E-state index is 13.0. The molecule has 0 saturated carbocycles. The molecular formula is C21H18FN3O5S. The molecule has 0 radical (unpaired) electrons. The predicted molar refractivity (Wildman–Crippen MR) is 114 cm³/mol. The number of benzene rings is 3. The van der Waals surface area contributed by atoms with Gasteiger partial charge >= 0.3 is 0 Å². The van der Waals surface area contributed by atoms with Crippen LogP contribution in [0.2, 0.25) is 0 Å². The summed E-state index contributed by atoms with van der Waals surface area (Å²) in [5, 5.41) is 13.7. The van der Waals surface area contributed by atoms with E-state index in [0.29, 0.717) is 11.1 Å². The van der Waals surface area contributed by atoms with Crippen LogP contribution in [0, 0.1) is 29.8 Å². The minimum atomic E-state index is -4.04. The summed E-state index contributed by atoms with van der Waals surface area (Å²) in [6, 6.07) is 13.1. The van der Waals surface area contributed by atoms with Crippen molar-refractivity contribution < 1.29 is 22.5 Å². The molecule has 0 atom stereocenters. The van der Waals surface area contributed by atoms with E-state index in [2.05, 4.69) is 10.0 Å². The number of nitro benzene ring substituents is 1. The fourth-order valence-corrected chi connectivity index (χ4v) is 3.91. The highest BCUT2D eigenvalue weighted by Gasteiger charge is 2.19. The van der Waals surface area contributed by atoms with Gasteiger partial charge in [0, 0.05) is 28.6 Å². The molecule has 8 nitrogen and oxygen atoms in total. The Labute approximate surface area is 177 Å². The number of aryl methyl sites for hydroxylation is 2. The molecule has 0 saturated heterocycles. The summed E-state index contributed by atoms with van der Waals surface area (Å²) in [7, 11) is -4.04. The molecule has 160 valence electrons. The standard InChI is InChI=1S/C21H18FN3O5S/c1-13-4-10-18(31(29,30)24-16-8-5-15(22)6-9-16)12-19(13)21(26)23-17-7-3-14(2)20(11-17)25(27)28/h3-12,24H,1-2H3,(H,23,26). The van der Waals surface area contributed by atoms with E-state index < -0.39 is 26.7 Å². The lowest BCUT2D eigenvalue weighted by atomic mass is 10.1. The highest BCUT2D eigenvalue weighted by Crippen LogP contribution is 2.24. The van der Waals surface area contributed by atoms with E-state index in [0.717, 1.165) is 12.1 Å². The Balaban J connectivity index is 1.88. The number of hydrogen-bond acceptors (Lipinski definition) is 5. The van der Waals surface area contributed by atoms with Crippen molar-refractivity contribution in [1.29, 1.82) is 0 Å². The van der Waals surface area contributed by atoms with Gasteiger partial charge in [-0.25, -0.2) is 12.8 Å². The van der Waals surface area contributed by atoms with Crippen molar-refractivity contribution in [2.24, 2.45) is 0 Å². The van der Waals surface area contributed by atoms with Crippen LogP contribution in [0.1, 0.15) is 21.5 Å². The Bertz CT molecular complexity index is 1270. The Morgan fingerprint density at radius 1 is 0.935 bits per heavy atom. The van der Waals surface area contributed by atoms with Gasteiger partial charge in [-0.15, -0.1) is 0 Å². The van der Waals surface area contributed by atoms with E-state index in [1.165, 1.54) is 48.5 Å². The third-order valence-electron chi connectivity index (χ3n) is 4.52. The van der Waals surface area contributed by atoms with Crippen molar-refractivity contribution in [3.05, 3.63) is 93.3 Å². The third kappa shape index (κ3) is 5.04. The molecule has 0 fully saturated rings. The number of carbonyl (C=O) groups is 1. The zero-order valence-electron chi connectivity index (χ0n) is 16.5. The topological polar surface area (TPSA) is 118 Å². The molecule has 31 heavy (non-hydrogen) atoms. The van der Waals surface area contributed by atoms with Gasteiger partial charge in [-0.05, 0) is 61.9 Å². The summed E-state index contributed by atoms with van der Waals surface area (Å²) >= 11 is 0. The normalized spacial score (nSPS) is 11.1. The van der Waals surface area contributed by atoms with E-state index in [-0.39, 0.29) is 27.5 Å². The minimum absolute atomic E-state index is 0.0882. The first-order valence-electron chi connectivity index (χ1n) is 9.02. The molecule has 0 bridgehead atoms. The van der Waals surface area contributed by atoms with Gasteiger partial charge in [0.05, 0.1) is 9.82 Å². The lowest BCUT2D eigenvalue weighted by molar-refractivity contribution is -0.385. The van der Waals surface area contributed by atoms with E-state index in [1.54, 1.807) is 13.8 Å². The third-order valence-corrected chi connectivity index (χ3v) is 5.90. The molecule has 0 heterocycles. The van der Waals surface area contributed by atoms with Crippen LogP contribution in [0.3, 0.4) is 0 Å². The molecule has 0 aromatic heterocycles. The fraction of sp³-hybridized carbons (Fsp3) is 0.0952. The second kappa shape index (κ2) is 8.52. The number of nitrogens with one attached hydrogen (secondary N) is 2. The molecule has 0 unspecified atom stereocenters. The maximum absolute atomic E-state index is 13.0. The first-order valence-corrected chi connectivity index (χ1v) is 10.5. The second-order valence-corrected chi connectivity index (χ2v) is 8.48. The highest BCUT2D eigenvalue weighted by molar-refractivity contribution is 7.92. The first-order chi connectivity index (χ1) is 14.6. The van der Waals surface area contributed by atoms with Crippen LogP contribution < -0.4 is 10.0 Å². The second-order valence-electron chi connectivity index (χ2n) is 6.80. The Kier molecular flexibility index (Phi) is 6.02. The number of amides is 1. The zero-order valence-corrected chi connectivity index (χ0v) is 17.4. The maximum Gasteiger partial charge on any atom is 0.274 e. The number of nitro groups is 1. The van der Waals surface area contributed by atoms with Crippen molar-refractivity contribution in [3.63, 3.8) is 0 Å². The molecule has 10 heteroatoms. The first kappa shape index (κ1) is 21.9. The predicted octanol–water partition coefficient (Wildman–Crippen LogP) is 4.40. The van der Waals surface area contributed by atoms with Crippen LogP contribution in [-0.2, 0) is 10.0 Å². The van der Waals surface area contributed by atoms with Gasteiger partial charge in [0.1, 0.15) is 5.82 Å². The monoisotopic (exact) mass is 443 g/mol. The van der Waals surface area contributed by atoms with Crippen LogP contribution in [0.5, 0.6) is 0 Å². The van der Waals surface area contributed by atoms with Gasteiger partial charge in [0.2, 0.25) is 0 Å². The van der Waals surface area contributed by atoms with E-state index in [4.69, 9.17) is 0 Å². The molecule has 0 aliphatic rings. The molecule has 3 aromatic rings. The largest absolute Gasteiger partial charge is 0.322 e. The highest BCUT2D eigenvalue weighted by atomic mass is 32.2. The molecule has 3 aromatic carbocycles. The summed E-state index contributed by atoms with van der Waals surface area (Å²) in [6.07, 6.45) is 0. The van der Waals surface area contributed by atoms with Crippen molar-refractivity contribution in [3.8, 4) is 0 Å². The lowest BCUT2D eigenvalue weighted by Gasteiger charge is -2.12. The van der Waals surface area contributed by atoms with Crippen LogP contribution in [0.15, 0.2) is 65.6 Å². The molecule has 0 spiro atoms. The minimum Gasteiger partial charge on any atom is -0.322 e. The van der Waals surface area contributed by atoms with Gasteiger partial charge in [0.15, 0.2) is 0 Å². The fourth-order valence-electron chi connectivity index (χ4n) is 2.83. The van der Waals surface area contributed by atoms with Gasteiger partial charge in [-0.2, -0.15) is 0 Å². The summed E-state index contributed by atoms with van der Waals surface area (Å²) in [5.74, 6) is -1.12. The molecule has 2 N–H and O–H groups in total. The average Bonchev–Trinajstić information content (AvgIpc) is 2.71. The Morgan fingerprint density at radius 2 is 1.55 bits per heavy atom. The van der Waals surface area contributed by atoms with Gasteiger partial charge in [-0.1, -0.05) is 12.1 Å². The molecule has 0 aliphatic heterocycles. The number of hydrogen-bond donors (Lipinski definition) is 2. The SMILES string of the molecule is Cc1ccc(S(=O)(=O)Nc2ccc(F)cc2)cc1C(=O)Nc1ccc(C)c([N+](=O)[O-])c1. The van der Waals surface area contributed by atoms with Gasteiger partial charge < -0.3 is 5.32 Å². The quantitative estimate of drug-likeness (QED) is 0.432. The van der Waals surface area contributed by atoms with Gasteiger partial charge in [0.25, 0.3) is 21.6 Å². The summed E-state index contributed by atoms with van der Waals surface area (Å²) < 4.78 is 40.7. The van der Waals surface area contributed by atoms with E-state index >= 15 is 0 Å². The number of halogens is 1. The Morgan fingerprint density at radius 3 is 2.19 bits per heavy atom. The number of rotatable bonds is 6. The molecular weight excluding hydrogens is 425 g/mol. The van der Waals surface area contributed by atoms with Crippen LogP contribution in [0.25, 0.3) is 0 Å². The molecule has 0 aliphatic carbocycles. The smallest absolute Gasteiger partial charge is 0.274 e. The number of carbonyl (C=O) groups excluding carboxylic acids is 1. The average molecular weight is 443 g/mol. The zero-order chi connectivity index (χ0) is 22.8. The van der Waals surface area contributed by atoms with Crippen LogP contribution in [-0.4, -0.2) is 19.2 Å². The summed E-state index contributed by atoms with van der Waals surface area (Å²) in [4.78, 5) is 23.1.